The van der Waals surface area contributed by atoms with Gasteiger partial charge in [-0.3, -0.25) is 0 Å². The number of hydrogen-bond donors (Lipinski definition) is 2. The van der Waals surface area contributed by atoms with E-state index in [1.165, 1.54) is 14.2 Å². The molecule has 194 valence electrons. The number of methoxy groups -OCH3 is 2. The average molecular weight is 540 g/mol. The molecule has 4 aromatic rings. The normalized spacial score (nSPS) is 11.9. The highest BCUT2D eigenvalue weighted by Gasteiger charge is 2.37. The molecule has 13 heteroatoms. The Bertz CT molecular complexity index is 1370. The summed E-state index contributed by atoms with van der Waals surface area (Å²) in [6.07, 6.45) is -9.92. The quantitative estimate of drug-likeness (QED) is 0.185. The SMILES string of the molecule is COc1cc(Nc2nc3ccccc3nc2NSc2cc(C(F)(F)F)cc(C(F)(F)F)c2)cc(OC)c1. The van der Waals surface area contributed by atoms with E-state index in [0.717, 1.165) is 0 Å². The van der Waals surface area contributed by atoms with Crippen molar-refractivity contribution >= 4 is 40.3 Å². The van der Waals surface area contributed by atoms with Crippen LogP contribution in [0.5, 0.6) is 11.5 Å². The van der Waals surface area contributed by atoms with Crippen molar-refractivity contribution in [2.24, 2.45) is 0 Å². The Labute approximate surface area is 211 Å². The molecule has 37 heavy (non-hydrogen) atoms. The zero-order valence-electron chi connectivity index (χ0n) is 19.2. The summed E-state index contributed by atoms with van der Waals surface area (Å²) in [5.74, 6) is 1.20. The van der Waals surface area contributed by atoms with Crippen LogP contribution < -0.4 is 19.5 Å². The van der Waals surface area contributed by atoms with Gasteiger partial charge in [-0.15, -0.1) is 0 Å². The Kier molecular flexibility index (Phi) is 7.25. The van der Waals surface area contributed by atoms with Gasteiger partial charge in [-0.1, -0.05) is 12.1 Å². The molecule has 0 aliphatic heterocycles. The summed E-state index contributed by atoms with van der Waals surface area (Å²) >= 11 is 0.541. The minimum absolute atomic E-state index is 0.0725. The number of anilines is 3. The highest BCUT2D eigenvalue weighted by Crippen LogP contribution is 2.39. The molecule has 0 aliphatic rings. The van der Waals surface area contributed by atoms with E-state index in [9.17, 15) is 26.3 Å². The Morgan fingerprint density at radius 2 is 1.22 bits per heavy atom. The number of hydrogen-bond acceptors (Lipinski definition) is 7. The first-order valence-electron chi connectivity index (χ1n) is 10.5. The number of rotatable bonds is 7. The number of nitrogens with zero attached hydrogens (tertiary/aromatic N) is 2. The maximum Gasteiger partial charge on any atom is 0.416 e. The van der Waals surface area contributed by atoms with Gasteiger partial charge in [0.2, 0.25) is 0 Å². The van der Waals surface area contributed by atoms with Crippen LogP contribution in [0.1, 0.15) is 11.1 Å². The van der Waals surface area contributed by atoms with Crippen LogP contribution in [0.4, 0.5) is 43.7 Å². The van der Waals surface area contributed by atoms with Crippen LogP contribution in [0.25, 0.3) is 11.0 Å². The minimum atomic E-state index is -4.96. The third kappa shape index (κ3) is 6.28. The van der Waals surface area contributed by atoms with Gasteiger partial charge in [0, 0.05) is 28.8 Å². The second kappa shape index (κ2) is 10.2. The fourth-order valence-corrected chi connectivity index (χ4v) is 4.00. The molecule has 1 heterocycles. The summed E-state index contributed by atoms with van der Waals surface area (Å²) in [4.78, 5) is 8.65. The Morgan fingerprint density at radius 1 is 0.703 bits per heavy atom. The highest BCUT2D eigenvalue weighted by atomic mass is 32.2. The number of ether oxygens (including phenoxy) is 2. The predicted molar refractivity (Wildman–Crippen MR) is 128 cm³/mol. The number of fused-ring (bicyclic) bond motifs is 1. The number of halogens is 6. The lowest BCUT2D eigenvalue weighted by molar-refractivity contribution is -0.143. The summed E-state index contributed by atoms with van der Waals surface area (Å²) in [6, 6.07) is 13.1. The first-order valence-corrected chi connectivity index (χ1v) is 11.3. The Balaban J connectivity index is 1.72. The van der Waals surface area contributed by atoms with Crippen molar-refractivity contribution in [2.75, 3.05) is 24.3 Å². The molecule has 2 N–H and O–H groups in total. The minimum Gasteiger partial charge on any atom is -0.497 e. The van der Waals surface area contributed by atoms with Gasteiger partial charge in [-0.25, -0.2) is 9.97 Å². The molecule has 0 spiro atoms. The molecule has 0 amide bonds. The number of nitrogens with one attached hydrogen (secondary N) is 2. The molecule has 0 fully saturated rings. The van der Waals surface area contributed by atoms with Crippen LogP contribution >= 0.6 is 11.9 Å². The molecular formula is C24H18F6N4O2S. The van der Waals surface area contributed by atoms with Crippen molar-refractivity contribution in [1.82, 2.24) is 9.97 Å². The molecule has 0 bridgehead atoms. The summed E-state index contributed by atoms with van der Waals surface area (Å²) in [5, 5.41) is 3.05. The number of alkyl halides is 6. The Morgan fingerprint density at radius 3 is 1.70 bits per heavy atom. The molecule has 0 unspecified atom stereocenters. The standard InChI is InChI=1S/C24H18F6N4O2S/c1-35-16-10-15(11-17(12-16)36-2)31-21-22(33-20-6-4-3-5-19(20)32-21)34-37-18-8-13(23(25,26)27)7-14(9-18)24(28,29)30/h3-12H,1-2H3,(H,31,32)(H,33,34). The van der Waals surface area contributed by atoms with Gasteiger partial charge in [0.1, 0.15) is 11.5 Å². The lowest BCUT2D eigenvalue weighted by atomic mass is 10.1. The molecule has 1 aromatic heterocycles. The van der Waals surface area contributed by atoms with Crippen LogP contribution in [-0.4, -0.2) is 24.2 Å². The Hall–Kier alpha value is -3.87. The van der Waals surface area contributed by atoms with Gasteiger partial charge in [-0.05, 0) is 42.3 Å². The zero-order valence-corrected chi connectivity index (χ0v) is 20.0. The van der Waals surface area contributed by atoms with Gasteiger partial charge in [0.05, 0.1) is 36.4 Å². The maximum atomic E-state index is 13.3. The van der Waals surface area contributed by atoms with Crippen LogP contribution in [0.2, 0.25) is 0 Å². The molecule has 0 aliphatic carbocycles. The van der Waals surface area contributed by atoms with Crippen molar-refractivity contribution in [3.05, 3.63) is 71.8 Å². The number of aromatic nitrogens is 2. The van der Waals surface area contributed by atoms with Crippen LogP contribution in [-0.2, 0) is 12.4 Å². The maximum absolute atomic E-state index is 13.3. The summed E-state index contributed by atoms with van der Waals surface area (Å²) in [6.45, 7) is 0. The second-order valence-electron chi connectivity index (χ2n) is 7.58. The second-order valence-corrected chi connectivity index (χ2v) is 8.46. The van der Waals surface area contributed by atoms with Gasteiger partial charge < -0.3 is 19.5 Å². The van der Waals surface area contributed by atoms with E-state index in [1.807, 2.05) is 0 Å². The van der Waals surface area contributed by atoms with Crippen LogP contribution in [0.15, 0.2) is 65.6 Å². The third-order valence-corrected chi connectivity index (χ3v) is 5.78. The highest BCUT2D eigenvalue weighted by molar-refractivity contribution is 8.00. The van der Waals surface area contributed by atoms with Crippen molar-refractivity contribution in [1.29, 1.82) is 0 Å². The largest absolute Gasteiger partial charge is 0.497 e. The van der Waals surface area contributed by atoms with E-state index >= 15 is 0 Å². The average Bonchev–Trinajstić information content (AvgIpc) is 2.86. The van der Waals surface area contributed by atoms with Gasteiger partial charge >= 0.3 is 12.4 Å². The first-order chi connectivity index (χ1) is 17.5. The topological polar surface area (TPSA) is 68.3 Å². The fourth-order valence-electron chi connectivity index (χ4n) is 3.27. The van der Waals surface area contributed by atoms with Gasteiger partial charge in [0.25, 0.3) is 0 Å². The zero-order chi connectivity index (χ0) is 26.8. The molecule has 0 atom stereocenters. The lowest BCUT2D eigenvalue weighted by Crippen LogP contribution is -2.11. The van der Waals surface area contributed by atoms with Gasteiger partial charge in [0.15, 0.2) is 11.6 Å². The third-order valence-electron chi connectivity index (χ3n) is 5.01. The van der Waals surface area contributed by atoms with E-state index in [2.05, 4.69) is 20.0 Å². The molecular weight excluding hydrogens is 522 g/mol. The summed E-state index contributed by atoms with van der Waals surface area (Å²) in [5.41, 5.74) is -1.38. The molecule has 0 radical (unpaired) electrons. The van der Waals surface area contributed by atoms with Crippen LogP contribution in [0, 0.1) is 0 Å². The number of benzene rings is 3. The van der Waals surface area contributed by atoms with Crippen molar-refractivity contribution in [3.8, 4) is 11.5 Å². The fraction of sp³-hybridized carbons (Fsp3) is 0.167. The molecule has 3 aromatic carbocycles. The molecule has 0 saturated heterocycles. The van der Waals surface area contributed by atoms with E-state index in [-0.39, 0.29) is 22.6 Å². The monoisotopic (exact) mass is 540 g/mol. The van der Waals surface area contributed by atoms with Crippen LogP contribution in [0.3, 0.4) is 0 Å². The van der Waals surface area contributed by atoms with E-state index in [0.29, 0.717) is 52.3 Å². The van der Waals surface area contributed by atoms with Crippen molar-refractivity contribution in [3.63, 3.8) is 0 Å². The molecule has 4 rings (SSSR count). The van der Waals surface area contributed by atoms with E-state index in [1.54, 1.807) is 42.5 Å². The summed E-state index contributed by atoms with van der Waals surface area (Å²) < 4.78 is 92.8. The van der Waals surface area contributed by atoms with Crippen molar-refractivity contribution < 1.29 is 35.8 Å². The summed E-state index contributed by atoms with van der Waals surface area (Å²) in [7, 11) is 2.95. The van der Waals surface area contributed by atoms with E-state index in [4.69, 9.17) is 9.47 Å². The smallest absolute Gasteiger partial charge is 0.416 e. The number of para-hydroxylation sites is 2. The van der Waals surface area contributed by atoms with E-state index < -0.39 is 23.5 Å². The molecule has 6 nitrogen and oxygen atoms in total. The lowest BCUT2D eigenvalue weighted by Gasteiger charge is -2.16. The van der Waals surface area contributed by atoms with Crippen molar-refractivity contribution in [2.45, 2.75) is 17.2 Å². The van der Waals surface area contributed by atoms with Gasteiger partial charge in [-0.2, -0.15) is 26.3 Å². The first kappa shape index (κ1) is 26.2. The molecule has 0 saturated carbocycles. The predicted octanol–water partition coefficient (Wildman–Crippen LogP) is 7.55.